The molecule has 0 fully saturated rings. The van der Waals surface area contributed by atoms with Crippen molar-refractivity contribution in [3.63, 3.8) is 0 Å². The third kappa shape index (κ3) is 4.38. The molecule has 0 N–H and O–H groups in total. The van der Waals surface area contributed by atoms with Crippen LogP contribution in [0.4, 0.5) is 27.6 Å². The summed E-state index contributed by atoms with van der Waals surface area (Å²) in [4.78, 5) is 27.1. The van der Waals surface area contributed by atoms with Gasteiger partial charge in [0.05, 0.1) is 13.0 Å². The predicted octanol–water partition coefficient (Wildman–Crippen LogP) is 4.52. The standard InChI is InChI=1S/C20H15F5N4O2/c1-10-29-19(2,16(22)18(31-10)20(23,24)25)17-13(21)6-4-11(28-17)8-15(30)14-7-5-12(26-3)9-27-14/h4-7,9,16,18H,8H2,1-2H3/t16-,18-,19-/m0/s1. The number of hydrogen-bond donors (Lipinski definition) is 0. The second-order valence-corrected chi connectivity index (χ2v) is 7.01. The number of carbonyl (C=O) groups is 1. The van der Waals surface area contributed by atoms with Gasteiger partial charge in [-0.15, -0.1) is 0 Å². The first kappa shape index (κ1) is 22.3. The molecule has 0 aliphatic carbocycles. The largest absolute Gasteiger partial charge is 0.465 e. The van der Waals surface area contributed by atoms with Crippen molar-refractivity contribution in [2.75, 3.05) is 0 Å². The van der Waals surface area contributed by atoms with E-state index in [2.05, 4.69) is 24.5 Å². The summed E-state index contributed by atoms with van der Waals surface area (Å²) < 4.78 is 73.6. The summed E-state index contributed by atoms with van der Waals surface area (Å²) in [5, 5.41) is 0. The Balaban J connectivity index is 1.95. The molecule has 11 heteroatoms. The molecule has 0 aromatic carbocycles. The van der Waals surface area contributed by atoms with Gasteiger partial charge in [-0.25, -0.2) is 18.6 Å². The van der Waals surface area contributed by atoms with Crippen molar-refractivity contribution in [2.45, 2.75) is 44.3 Å². The Labute approximate surface area is 173 Å². The predicted molar refractivity (Wildman–Crippen MR) is 99.0 cm³/mol. The first-order valence-corrected chi connectivity index (χ1v) is 8.92. The summed E-state index contributed by atoms with van der Waals surface area (Å²) in [6.45, 7) is 8.97. The van der Waals surface area contributed by atoms with Gasteiger partial charge in [0.2, 0.25) is 11.8 Å². The van der Waals surface area contributed by atoms with E-state index in [9.17, 15) is 26.7 Å². The molecule has 2 aromatic rings. The van der Waals surface area contributed by atoms with Crippen LogP contribution in [0.1, 0.15) is 35.7 Å². The van der Waals surface area contributed by atoms with Gasteiger partial charge < -0.3 is 4.74 Å². The van der Waals surface area contributed by atoms with Crippen LogP contribution in [0, 0.1) is 12.4 Å². The second kappa shape index (κ2) is 8.02. The molecular weight excluding hydrogens is 423 g/mol. The third-order valence-electron chi connectivity index (χ3n) is 4.70. The fourth-order valence-electron chi connectivity index (χ4n) is 3.18. The van der Waals surface area contributed by atoms with Gasteiger partial charge in [-0.05, 0) is 25.1 Å². The average molecular weight is 438 g/mol. The normalized spacial score (nSPS) is 23.5. The number of ether oxygens (including phenoxy) is 1. The fourth-order valence-corrected chi connectivity index (χ4v) is 3.18. The van der Waals surface area contributed by atoms with Gasteiger partial charge in [-0.1, -0.05) is 6.07 Å². The van der Waals surface area contributed by atoms with Crippen LogP contribution in [0.5, 0.6) is 0 Å². The minimum atomic E-state index is -5.05. The van der Waals surface area contributed by atoms with E-state index < -0.39 is 47.2 Å². The summed E-state index contributed by atoms with van der Waals surface area (Å²) in [5.41, 5.74) is -2.74. The van der Waals surface area contributed by atoms with Gasteiger partial charge in [0, 0.05) is 18.8 Å². The summed E-state index contributed by atoms with van der Waals surface area (Å²) in [5.74, 6) is -2.06. The van der Waals surface area contributed by atoms with Crippen LogP contribution >= 0.6 is 0 Å². The molecule has 3 heterocycles. The molecule has 162 valence electrons. The number of aromatic nitrogens is 2. The highest BCUT2D eigenvalue weighted by Crippen LogP contribution is 2.42. The van der Waals surface area contributed by atoms with Crippen molar-refractivity contribution >= 4 is 17.4 Å². The van der Waals surface area contributed by atoms with Gasteiger partial charge >= 0.3 is 6.18 Å². The molecular formula is C20H15F5N4O2. The number of pyridine rings is 2. The molecule has 0 amide bonds. The summed E-state index contributed by atoms with van der Waals surface area (Å²) in [6.07, 6.45) is -9.83. The molecule has 6 nitrogen and oxygen atoms in total. The average Bonchev–Trinajstić information content (AvgIpc) is 2.71. The Hall–Kier alpha value is -3.42. The molecule has 2 aromatic heterocycles. The van der Waals surface area contributed by atoms with E-state index in [1.165, 1.54) is 18.3 Å². The summed E-state index contributed by atoms with van der Waals surface area (Å²) in [7, 11) is 0. The number of halogens is 5. The van der Waals surface area contributed by atoms with Crippen LogP contribution in [0.15, 0.2) is 35.5 Å². The highest BCUT2D eigenvalue weighted by atomic mass is 19.4. The number of ketones is 1. The van der Waals surface area contributed by atoms with E-state index >= 15 is 0 Å². The molecule has 0 saturated carbocycles. The number of carbonyl (C=O) groups excluding carboxylic acids is 1. The van der Waals surface area contributed by atoms with Crippen molar-refractivity contribution < 1.29 is 31.5 Å². The summed E-state index contributed by atoms with van der Waals surface area (Å²) >= 11 is 0. The molecule has 3 atom stereocenters. The van der Waals surface area contributed by atoms with Gasteiger partial charge in [-0.3, -0.25) is 14.8 Å². The quantitative estimate of drug-likeness (QED) is 0.400. The monoisotopic (exact) mass is 438 g/mol. The van der Waals surface area contributed by atoms with Crippen LogP contribution in [0.3, 0.4) is 0 Å². The minimum Gasteiger partial charge on any atom is -0.465 e. The van der Waals surface area contributed by atoms with Gasteiger partial charge in [0.15, 0.2) is 17.9 Å². The van der Waals surface area contributed by atoms with E-state index in [4.69, 9.17) is 6.57 Å². The van der Waals surface area contributed by atoms with Gasteiger partial charge in [0.25, 0.3) is 0 Å². The fraction of sp³-hybridized carbons (Fsp3) is 0.350. The van der Waals surface area contributed by atoms with Crippen molar-refractivity contribution in [3.8, 4) is 0 Å². The van der Waals surface area contributed by atoms with E-state index in [1.807, 2.05) is 0 Å². The Morgan fingerprint density at radius 1 is 1.29 bits per heavy atom. The van der Waals surface area contributed by atoms with Crippen LogP contribution in [0.25, 0.3) is 4.85 Å². The van der Waals surface area contributed by atoms with Crippen LogP contribution in [-0.4, -0.2) is 40.1 Å². The van der Waals surface area contributed by atoms with Crippen LogP contribution in [-0.2, 0) is 16.7 Å². The van der Waals surface area contributed by atoms with E-state index in [1.54, 1.807) is 0 Å². The molecule has 0 saturated heterocycles. The minimum absolute atomic E-state index is 0.00576. The maximum Gasteiger partial charge on any atom is 0.428 e. The Morgan fingerprint density at radius 3 is 2.58 bits per heavy atom. The van der Waals surface area contributed by atoms with Crippen LogP contribution in [0.2, 0.25) is 0 Å². The van der Waals surface area contributed by atoms with Crippen molar-refractivity contribution in [1.82, 2.24) is 9.97 Å². The SMILES string of the molecule is [C-]#[N+]c1ccc(C(=O)Cc2ccc(F)c([C@@]3(C)N=C(C)O[C@H](C(F)(F)F)[C@@H]3F)n2)nc1. The Kier molecular flexibility index (Phi) is 5.76. The van der Waals surface area contributed by atoms with Gasteiger partial charge in [0.1, 0.15) is 22.7 Å². The van der Waals surface area contributed by atoms with Crippen LogP contribution < -0.4 is 0 Å². The van der Waals surface area contributed by atoms with Crippen molar-refractivity contribution in [2.24, 2.45) is 4.99 Å². The third-order valence-corrected chi connectivity index (χ3v) is 4.70. The Morgan fingerprint density at radius 2 is 2.00 bits per heavy atom. The lowest BCUT2D eigenvalue weighted by molar-refractivity contribution is -0.227. The van der Waals surface area contributed by atoms with E-state index in [0.717, 1.165) is 26.0 Å². The zero-order valence-corrected chi connectivity index (χ0v) is 16.2. The highest BCUT2D eigenvalue weighted by Gasteiger charge is 2.58. The lowest BCUT2D eigenvalue weighted by Crippen LogP contribution is -2.53. The van der Waals surface area contributed by atoms with Crippen molar-refractivity contribution in [3.05, 3.63) is 64.8 Å². The van der Waals surface area contributed by atoms with E-state index in [-0.39, 0.29) is 23.5 Å². The molecule has 0 spiro atoms. The molecule has 3 rings (SSSR count). The lowest BCUT2D eigenvalue weighted by atomic mass is 9.86. The topological polar surface area (TPSA) is 68.8 Å². The maximum absolute atomic E-state index is 14.9. The molecule has 31 heavy (non-hydrogen) atoms. The lowest BCUT2D eigenvalue weighted by Gasteiger charge is -2.38. The first-order valence-electron chi connectivity index (χ1n) is 8.92. The second-order valence-electron chi connectivity index (χ2n) is 7.01. The smallest absolute Gasteiger partial charge is 0.428 e. The van der Waals surface area contributed by atoms with Gasteiger partial charge in [-0.2, -0.15) is 13.2 Å². The maximum atomic E-state index is 14.9. The molecule has 1 aliphatic heterocycles. The number of Topliss-reactive ketones (excluding diaryl/α,β-unsaturated/α-hetero) is 1. The molecule has 0 unspecified atom stereocenters. The molecule has 1 aliphatic rings. The number of aliphatic imine (C=N–C) groups is 1. The first-order chi connectivity index (χ1) is 14.5. The van der Waals surface area contributed by atoms with E-state index in [0.29, 0.717) is 0 Å². The molecule has 0 radical (unpaired) electrons. The summed E-state index contributed by atoms with van der Waals surface area (Å²) in [6, 6.07) is 4.78. The highest BCUT2D eigenvalue weighted by molar-refractivity contribution is 5.95. The number of alkyl halides is 4. The van der Waals surface area contributed by atoms with Crippen molar-refractivity contribution in [1.29, 1.82) is 0 Å². The Bertz CT molecular complexity index is 1080. The zero-order valence-electron chi connectivity index (χ0n) is 16.2. The number of hydrogen-bond acceptors (Lipinski definition) is 5. The molecule has 0 bridgehead atoms. The number of nitrogens with zero attached hydrogens (tertiary/aromatic N) is 4. The zero-order chi connectivity index (χ0) is 23.0. The number of rotatable bonds is 4.